The second-order valence-electron chi connectivity index (χ2n) is 13.3. The minimum Gasteiger partial charge on any atom is -0.502 e. The molecule has 1 aromatic heterocycles. The number of ether oxygens (including phenoxy) is 2. The topological polar surface area (TPSA) is 137 Å². The zero-order valence-electron chi connectivity index (χ0n) is 29.0. The Bertz CT molecular complexity index is 2470. The molecule has 5 aromatic rings. The quantitative estimate of drug-likeness (QED) is 0.157. The van der Waals surface area contributed by atoms with Gasteiger partial charge in [-0.05, 0) is 83.8 Å². The number of anilines is 1. The summed E-state index contributed by atoms with van der Waals surface area (Å²) in [4.78, 5) is 58.1. The highest BCUT2D eigenvalue weighted by Crippen LogP contribution is 2.59. The van der Waals surface area contributed by atoms with Gasteiger partial charge in [-0.2, -0.15) is 5.01 Å². The molecule has 274 valence electrons. The molecule has 14 heteroatoms. The average Bonchev–Trinajstić information content (AvgIpc) is 3.56. The summed E-state index contributed by atoms with van der Waals surface area (Å²) in [6, 6.07) is 23.0. The van der Waals surface area contributed by atoms with Gasteiger partial charge >= 0.3 is 11.4 Å². The van der Waals surface area contributed by atoms with E-state index in [1.54, 1.807) is 78.9 Å². The van der Waals surface area contributed by atoms with Gasteiger partial charge in [0.05, 0.1) is 49.5 Å². The lowest BCUT2D eigenvalue weighted by molar-refractivity contribution is -0.138. The molecule has 2 amide bonds. The zero-order chi connectivity index (χ0) is 37.9. The standard InChI is InChI=1S/C40H33ClFN5O7/c1-53-33-20-23(21-34(54-2)35(33)48)8-17-30-29-18-19-44-38(51)45(28-6-4-3-5-7-28)39(52)47(44)32(29)22-31-36(49)46(43-27-15-13-26(42)14-16-27)37(50)40(30,31)24-9-11-25(41)12-10-24/h3-18,20-21,30-32,43,48H,19,22H2,1-2H3. The van der Waals surface area contributed by atoms with E-state index in [2.05, 4.69) is 5.43 Å². The van der Waals surface area contributed by atoms with Gasteiger partial charge in [-0.25, -0.2) is 27.9 Å². The molecular weight excluding hydrogens is 717 g/mol. The molecule has 4 aromatic carbocycles. The monoisotopic (exact) mass is 749 g/mol. The van der Waals surface area contributed by atoms with Gasteiger partial charge in [0.25, 0.3) is 11.8 Å². The number of carbonyl (C=O) groups is 2. The van der Waals surface area contributed by atoms with Crippen LogP contribution in [0.3, 0.4) is 0 Å². The number of methoxy groups -OCH3 is 2. The van der Waals surface area contributed by atoms with Crippen molar-refractivity contribution < 1.29 is 28.6 Å². The van der Waals surface area contributed by atoms with Crippen LogP contribution < -0.4 is 26.3 Å². The van der Waals surface area contributed by atoms with Crippen LogP contribution in [0.15, 0.2) is 118 Å². The summed E-state index contributed by atoms with van der Waals surface area (Å²) in [5, 5.41) is 12.0. The second-order valence-corrected chi connectivity index (χ2v) is 13.7. The van der Waals surface area contributed by atoms with Gasteiger partial charge in [0.2, 0.25) is 5.75 Å². The van der Waals surface area contributed by atoms with E-state index in [0.717, 1.165) is 9.58 Å². The third-order valence-electron chi connectivity index (χ3n) is 10.6. The van der Waals surface area contributed by atoms with Crippen LogP contribution in [0, 0.1) is 17.7 Å². The number of allylic oxidation sites excluding steroid dienone is 3. The van der Waals surface area contributed by atoms with Crippen molar-refractivity contribution in [3.05, 3.63) is 152 Å². The SMILES string of the molecule is COc1cc(C=CC2C3=CCn4c(=O)n(-c5ccccc5)c(=O)n4C3CC3C(=O)N(Nc4ccc(F)cc4)C(=O)C23c2ccc(Cl)cc2)cc(OC)c1O. The van der Waals surface area contributed by atoms with Crippen molar-refractivity contribution in [3.63, 3.8) is 0 Å². The van der Waals surface area contributed by atoms with Crippen molar-refractivity contribution in [1.82, 2.24) is 18.9 Å². The van der Waals surface area contributed by atoms with Crippen molar-refractivity contribution in [2.45, 2.75) is 24.4 Å². The molecule has 2 N–H and O–H groups in total. The number of hydrogen-bond acceptors (Lipinski definition) is 8. The normalized spacial score (nSPS) is 21.7. The molecule has 4 unspecified atom stereocenters. The molecule has 4 atom stereocenters. The fourth-order valence-electron chi connectivity index (χ4n) is 8.18. The van der Waals surface area contributed by atoms with Gasteiger partial charge in [0, 0.05) is 10.9 Å². The highest BCUT2D eigenvalue weighted by molar-refractivity contribution is 6.30. The Kier molecular flexibility index (Phi) is 8.53. The lowest BCUT2D eigenvalue weighted by Gasteiger charge is -2.47. The Morgan fingerprint density at radius 3 is 2.22 bits per heavy atom. The minimum atomic E-state index is -1.58. The van der Waals surface area contributed by atoms with Gasteiger partial charge in [-0.1, -0.05) is 60.2 Å². The van der Waals surface area contributed by atoms with E-state index in [0.29, 0.717) is 33.1 Å². The molecule has 1 saturated heterocycles. The summed E-state index contributed by atoms with van der Waals surface area (Å²) in [7, 11) is 2.82. The Morgan fingerprint density at radius 2 is 1.57 bits per heavy atom. The first-order valence-electron chi connectivity index (χ1n) is 17.1. The third kappa shape index (κ3) is 5.25. The number of rotatable bonds is 8. The number of halogens is 2. The first-order chi connectivity index (χ1) is 26.1. The van der Waals surface area contributed by atoms with E-state index >= 15 is 4.79 Å². The number of nitrogens with one attached hydrogen (secondary N) is 1. The highest BCUT2D eigenvalue weighted by Gasteiger charge is 2.68. The smallest absolute Gasteiger partial charge is 0.352 e. The summed E-state index contributed by atoms with van der Waals surface area (Å²) < 4.78 is 28.5. The number of phenols is 1. The van der Waals surface area contributed by atoms with E-state index in [-0.39, 0.29) is 30.2 Å². The maximum Gasteiger partial charge on any atom is 0.352 e. The Hall–Kier alpha value is -6.34. The van der Waals surface area contributed by atoms with Crippen molar-refractivity contribution in [2.75, 3.05) is 19.6 Å². The Morgan fingerprint density at radius 1 is 0.907 bits per heavy atom. The third-order valence-corrected chi connectivity index (χ3v) is 10.8. The van der Waals surface area contributed by atoms with Gasteiger partial charge in [0.15, 0.2) is 11.5 Å². The molecule has 3 heterocycles. The van der Waals surface area contributed by atoms with Crippen LogP contribution >= 0.6 is 11.6 Å². The Labute approximate surface area is 312 Å². The molecule has 12 nitrogen and oxygen atoms in total. The number of aromatic nitrogens is 3. The first-order valence-corrected chi connectivity index (χ1v) is 17.5. The van der Waals surface area contributed by atoms with Gasteiger partial charge in [-0.15, -0.1) is 0 Å². The largest absolute Gasteiger partial charge is 0.502 e. The number of aromatic hydroxyl groups is 1. The lowest BCUT2D eigenvalue weighted by Crippen LogP contribution is -2.54. The average molecular weight is 750 g/mol. The van der Waals surface area contributed by atoms with Gasteiger partial charge < -0.3 is 14.6 Å². The zero-order valence-corrected chi connectivity index (χ0v) is 29.7. The number of phenolic OH excluding ortho intramolecular Hbond substituents is 1. The molecule has 2 aliphatic heterocycles. The predicted molar refractivity (Wildman–Crippen MR) is 198 cm³/mol. The van der Waals surface area contributed by atoms with Crippen LogP contribution in [0.4, 0.5) is 10.1 Å². The van der Waals surface area contributed by atoms with Crippen LogP contribution in [0.5, 0.6) is 17.2 Å². The van der Waals surface area contributed by atoms with Crippen molar-refractivity contribution in [1.29, 1.82) is 0 Å². The summed E-state index contributed by atoms with van der Waals surface area (Å²) >= 11 is 6.36. The van der Waals surface area contributed by atoms with Crippen molar-refractivity contribution in [3.8, 4) is 22.9 Å². The van der Waals surface area contributed by atoms with Gasteiger partial charge in [-0.3, -0.25) is 15.0 Å². The fourth-order valence-corrected chi connectivity index (χ4v) is 8.30. The molecular formula is C40H33ClFN5O7. The molecule has 1 aliphatic carbocycles. The van der Waals surface area contributed by atoms with Crippen molar-refractivity contribution >= 4 is 35.2 Å². The van der Waals surface area contributed by atoms with Crippen LogP contribution in [-0.2, 0) is 21.5 Å². The van der Waals surface area contributed by atoms with Crippen molar-refractivity contribution in [2.24, 2.45) is 11.8 Å². The molecule has 8 rings (SSSR count). The summed E-state index contributed by atoms with van der Waals surface area (Å²) in [6.07, 6.45) is 5.37. The fraction of sp³-hybridized carbons (Fsp3) is 0.200. The highest BCUT2D eigenvalue weighted by atomic mass is 35.5. The Balaban J connectivity index is 1.35. The van der Waals surface area contributed by atoms with Crippen LogP contribution in [0.2, 0.25) is 5.02 Å². The number of benzene rings is 4. The van der Waals surface area contributed by atoms with E-state index in [4.69, 9.17) is 21.1 Å². The molecule has 0 spiro atoms. The summed E-state index contributed by atoms with van der Waals surface area (Å²) in [6.45, 7) is 0.0198. The minimum absolute atomic E-state index is 0.00994. The number of carbonyl (C=O) groups excluding carboxylic acids is 2. The van der Waals surface area contributed by atoms with Gasteiger partial charge in [0.1, 0.15) is 5.82 Å². The van der Waals surface area contributed by atoms with Crippen LogP contribution in [0.25, 0.3) is 11.8 Å². The molecule has 1 saturated carbocycles. The number of hydrazine groups is 1. The van der Waals surface area contributed by atoms with E-state index in [1.807, 2.05) is 6.08 Å². The molecule has 3 aliphatic rings. The number of para-hydroxylation sites is 1. The molecule has 2 fully saturated rings. The number of imide groups is 1. The summed E-state index contributed by atoms with van der Waals surface area (Å²) in [5.74, 6) is -3.46. The summed E-state index contributed by atoms with van der Waals surface area (Å²) in [5.41, 5.74) is 2.60. The van der Waals surface area contributed by atoms with Crippen LogP contribution in [-0.4, -0.2) is 50.1 Å². The maximum absolute atomic E-state index is 15.2. The van der Waals surface area contributed by atoms with E-state index in [1.165, 1.54) is 47.8 Å². The molecule has 54 heavy (non-hydrogen) atoms. The van der Waals surface area contributed by atoms with Crippen LogP contribution in [0.1, 0.15) is 23.6 Å². The van der Waals surface area contributed by atoms with E-state index in [9.17, 15) is 23.9 Å². The number of fused-ring (bicyclic) bond motifs is 4. The predicted octanol–water partition coefficient (Wildman–Crippen LogP) is 5.48. The first kappa shape index (κ1) is 34.7. The number of hydrogen-bond donors (Lipinski definition) is 2. The second kappa shape index (κ2) is 13.3. The number of amides is 2. The molecule has 0 bridgehead atoms. The lowest BCUT2D eigenvalue weighted by atomic mass is 9.54. The maximum atomic E-state index is 15.2. The molecule has 0 radical (unpaired) electrons. The van der Waals surface area contributed by atoms with E-state index < -0.39 is 52.3 Å². The number of nitrogens with zero attached hydrogens (tertiary/aromatic N) is 4.